The molecule has 0 radical (unpaired) electrons. The van der Waals surface area contributed by atoms with E-state index in [0.717, 1.165) is 5.56 Å². The number of nitrogens with one attached hydrogen (secondary N) is 1. The number of aryl methyl sites for hydroxylation is 1. The summed E-state index contributed by atoms with van der Waals surface area (Å²) >= 11 is 0. The van der Waals surface area contributed by atoms with Gasteiger partial charge in [0.05, 0.1) is 18.2 Å². The smallest absolute Gasteiger partial charge is 0.313 e. The molecule has 1 aromatic heterocycles. The van der Waals surface area contributed by atoms with Gasteiger partial charge in [0.1, 0.15) is 5.82 Å². The minimum absolute atomic E-state index is 0.0556. The van der Waals surface area contributed by atoms with Crippen LogP contribution in [0.3, 0.4) is 0 Å². The van der Waals surface area contributed by atoms with Crippen molar-refractivity contribution in [1.29, 1.82) is 5.26 Å². The van der Waals surface area contributed by atoms with Gasteiger partial charge >= 0.3 is 11.8 Å². The van der Waals surface area contributed by atoms with Gasteiger partial charge in [-0.1, -0.05) is 18.2 Å². The molecule has 0 aliphatic heterocycles. The van der Waals surface area contributed by atoms with Gasteiger partial charge in [0.2, 0.25) is 0 Å². The first-order valence-corrected chi connectivity index (χ1v) is 7.64. The van der Waals surface area contributed by atoms with Gasteiger partial charge in [-0.05, 0) is 30.2 Å². The van der Waals surface area contributed by atoms with Crippen molar-refractivity contribution in [2.75, 3.05) is 11.9 Å². The van der Waals surface area contributed by atoms with E-state index in [0.29, 0.717) is 5.56 Å². The Morgan fingerprint density at radius 1 is 1.32 bits per heavy atom. The van der Waals surface area contributed by atoms with Crippen LogP contribution < -0.4 is 5.32 Å². The molecule has 2 amide bonds. The van der Waals surface area contributed by atoms with Crippen LogP contribution >= 0.6 is 0 Å². The van der Waals surface area contributed by atoms with Crippen molar-refractivity contribution in [2.45, 2.75) is 19.9 Å². The number of amides is 2. The summed E-state index contributed by atoms with van der Waals surface area (Å²) in [4.78, 5) is 29.8. The van der Waals surface area contributed by atoms with Gasteiger partial charge in [-0.25, -0.2) is 4.39 Å². The highest BCUT2D eigenvalue weighted by Gasteiger charge is 2.23. The second kappa shape index (κ2) is 8.55. The molecule has 0 spiro atoms. The number of pyridine rings is 1. The molecular weight excluding hydrogens is 323 g/mol. The van der Waals surface area contributed by atoms with E-state index in [2.05, 4.69) is 10.3 Å². The summed E-state index contributed by atoms with van der Waals surface area (Å²) in [5.41, 5.74) is 1.03. The zero-order chi connectivity index (χ0) is 18.2. The van der Waals surface area contributed by atoms with E-state index in [1.807, 2.05) is 6.07 Å². The highest BCUT2D eigenvalue weighted by molar-refractivity contribution is 6.39. The highest BCUT2D eigenvalue weighted by Crippen LogP contribution is 2.17. The number of hydrogen-bond donors (Lipinski definition) is 1. The Hall–Kier alpha value is -3.27. The maximum Gasteiger partial charge on any atom is 0.313 e. The van der Waals surface area contributed by atoms with Crippen LogP contribution in [-0.2, 0) is 16.1 Å². The zero-order valence-corrected chi connectivity index (χ0v) is 13.7. The van der Waals surface area contributed by atoms with E-state index < -0.39 is 17.6 Å². The molecule has 6 nitrogen and oxygen atoms in total. The first-order valence-electron chi connectivity index (χ1n) is 7.64. The Balaban J connectivity index is 2.13. The lowest BCUT2D eigenvalue weighted by atomic mass is 10.2. The third kappa shape index (κ3) is 4.85. The fourth-order valence-electron chi connectivity index (χ4n) is 2.21. The summed E-state index contributed by atoms with van der Waals surface area (Å²) in [5, 5.41) is 11.0. The van der Waals surface area contributed by atoms with E-state index in [4.69, 9.17) is 5.26 Å². The predicted molar refractivity (Wildman–Crippen MR) is 89.7 cm³/mol. The van der Waals surface area contributed by atoms with Crippen LogP contribution in [0.25, 0.3) is 0 Å². The molecule has 25 heavy (non-hydrogen) atoms. The van der Waals surface area contributed by atoms with Crippen LogP contribution in [0, 0.1) is 24.1 Å². The summed E-state index contributed by atoms with van der Waals surface area (Å²) in [5.74, 6) is -2.37. The molecule has 0 bridgehead atoms. The molecule has 1 aromatic carbocycles. The van der Waals surface area contributed by atoms with E-state index in [9.17, 15) is 14.0 Å². The van der Waals surface area contributed by atoms with Crippen molar-refractivity contribution in [3.05, 3.63) is 59.7 Å². The lowest BCUT2D eigenvalue weighted by Crippen LogP contribution is -2.40. The van der Waals surface area contributed by atoms with Gasteiger partial charge in [0, 0.05) is 25.5 Å². The van der Waals surface area contributed by atoms with Gasteiger partial charge in [-0.15, -0.1) is 0 Å². The van der Waals surface area contributed by atoms with Crippen molar-refractivity contribution < 1.29 is 14.0 Å². The highest BCUT2D eigenvalue weighted by atomic mass is 19.1. The fourth-order valence-corrected chi connectivity index (χ4v) is 2.21. The first-order chi connectivity index (χ1) is 12.0. The maximum atomic E-state index is 14.0. The van der Waals surface area contributed by atoms with Crippen molar-refractivity contribution >= 4 is 17.5 Å². The molecule has 2 rings (SSSR count). The van der Waals surface area contributed by atoms with Crippen molar-refractivity contribution in [3.63, 3.8) is 0 Å². The Kier molecular flexibility index (Phi) is 6.18. The van der Waals surface area contributed by atoms with E-state index in [1.165, 1.54) is 11.0 Å². The summed E-state index contributed by atoms with van der Waals surface area (Å²) < 4.78 is 14.0. The molecule has 0 saturated heterocycles. The van der Waals surface area contributed by atoms with Gasteiger partial charge in [-0.3, -0.25) is 14.6 Å². The Morgan fingerprint density at radius 3 is 2.80 bits per heavy atom. The van der Waals surface area contributed by atoms with Gasteiger partial charge < -0.3 is 10.2 Å². The number of carbonyl (C=O) groups is 2. The molecule has 1 N–H and O–H groups in total. The topological polar surface area (TPSA) is 86.1 Å². The Labute approximate surface area is 144 Å². The molecule has 7 heteroatoms. The molecular formula is C18H17FN4O2. The average molecular weight is 340 g/mol. The van der Waals surface area contributed by atoms with Crippen LogP contribution in [0.5, 0.6) is 0 Å². The average Bonchev–Trinajstić information content (AvgIpc) is 2.62. The van der Waals surface area contributed by atoms with Crippen LogP contribution in [0.2, 0.25) is 0 Å². The Bertz CT molecular complexity index is 802. The number of anilines is 1. The zero-order valence-electron chi connectivity index (χ0n) is 13.7. The first kappa shape index (κ1) is 18.1. The normalized spacial score (nSPS) is 9.96. The minimum atomic E-state index is -0.952. The molecule has 0 aliphatic carbocycles. The molecule has 0 unspecified atom stereocenters. The summed E-state index contributed by atoms with van der Waals surface area (Å²) in [6.45, 7) is 1.79. The number of nitriles is 1. The summed E-state index contributed by atoms with van der Waals surface area (Å²) in [7, 11) is 0. The summed E-state index contributed by atoms with van der Waals surface area (Å²) in [6, 6.07) is 9.95. The standard InChI is InChI=1S/C18H17FN4O2/c1-13-5-2-7-15(16(13)19)22-17(24)18(25)23(10-4-8-20)12-14-6-3-9-21-11-14/h2-3,5-7,9,11H,4,10,12H2,1H3,(H,22,24). The number of benzene rings is 1. The van der Waals surface area contributed by atoms with E-state index >= 15 is 0 Å². The fraction of sp³-hybridized carbons (Fsp3) is 0.222. The van der Waals surface area contributed by atoms with Crippen molar-refractivity contribution in [1.82, 2.24) is 9.88 Å². The number of aromatic nitrogens is 1. The maximum absolute atomic E-state index is 14.0. The molecule has 0 aliphatic rings. The van der Waals surface area contributed by atoms with Crippen LogP contribution in [0.1, 0.15) is 17.5 Å². The number of halogens is 1. The largest absolute Gasteiger partial charge is 0.329 e. The quantitative estimate of drug-likeness (QED) is 0.847. The van der Waals surface area contributed by atoms with Crippen LogP contribution in [-0.4, -0.2) is 28.2 Å². The van der Waals surface area contributed by atoms with E-state index in [1.54, 1.807) is 43.6 Å². The van der Waals surface area contributed by atoms with Gasteiger partial charge in [0.25, 0.3) is 0 Å². The van der Waals surface area contributed by atoms with Crippen molar-refractivity contribution in [2.24, 2.45) is 0 Å². The lowest BCUT2D eigenvalue weighted by Gasteiger charge is -2.21. The van der Waals surface area contributed by atoms with Crippen LogP contribution in [0.4, 0.5) is 10.1 Å². The molecule has 1 heterocycles. The molecule has 0 atom stereocenters. The second-order valence-corrected chi connectivity index (χ2v) is 5.39. The molecule has 128 valence electrons. The van der Waals surface area contributed by atoms with Crippen molar-refractivity contribution in [3.8, 4) is 6.07 Å². The third-order valence-electron chi connectivity index (χ3n) is 3.51. The summed E-state index contributed by atoms with van der Waals surface area (Å²) in [6.07, 6.45) is 3.25. The SMILES string of the molecule is Cc1cccc(NC(=O)C(=O)N(CCC#N)Cc2cccnc2)c1F. The third-order valence-corrected chi connectivity index (χ3v) is 3.51. The van der Waals surface area contributed by atoms with Crippen LogP contribution in [0.15, 0.2) is 42.7 Å². The number of nitrogens with zero attached hydrogens (tertiary/aromatic N) is 3. The monoisotopic (exact) mass is 340 g/mol. The number of rotatable bonds is 5. The number of carbonyl (C=O) groups excluding carboxylic acids is 2. The molecule has 0 fully saturated rings. The second-order valence-electron chi connectivity index (χ2n) is 5.39. The van der Waals surface area contributed by atoms with Gasteiger partial charge in [-0.2, -0.15) is 5.26 Å². The Morgan fingerprint density at radius 2 is 2.12 bits per heavy atom. The number of hydrogen-bond acceptors (Lipinski definition) is 4. The lowest BCUT2D eigenvalue weighted by molar-refractivity contribution is -0.143. The molecule has 2 aromatic rings. The minimum Gasteiger partial charge on any atom is -0.329 e. The van der Waals surface area contributed by atoms with Gasteiger partial charge in [0.15, 0.2) is 0 Å². The molecule has 0 saturated carbocycles. The van der Waals surface area contributed by atoms with E-state index in [-0.39, 0.29) is 25.2 Å². The predicted octanol–water partition coefficient (Wildman–Crippen LogP) is 2.41.